The highest BCUT2D eigenvalue weighted by atomic mass is 16.6. The molecule has 10 heteroatoms. The largest absolute Gasteiger partial charge is 0.466 e. The van der Waals surface area contributed by atoms with Gasteiger partial charge in [0.1, 0.15) is 0 Å². The molecule has 1 aliphatic rings. The van der Waals surface area contributed by atoms with Crippen LogP contribution in [0.5, 0.6) is 0 Å². The second-order valence-electron chi connectivity index (χ2n) is 7.40. The lowest BCUT2D eigenvalue weighted by atomic mass is 9.76. The molecule has 3 atom stereocenters. The summed E-state index contributed by atoms with van der Waals surface area (Å²) in [6.07, 6.45) is 6.21. The maximum absolute atomic E-state index is 12.7. The second kappa shape index (κ2) is 10.6. The Morgan fingerprint density at radius 2 is 1.85 bits per heavy atom. The summed E-state index contributed by atoms with van der Waals surface area (Å²) < 4.78 is 10.7. The number of allylic oxidation sites excluding steroid dienone is 2. The first-order valence-electron chi connectivity index (χ1n) is 10.2. The number of ether oxygens (including phenoxy) is 2. The molecule has 0 bridgehead atoms. The van der Waals surface area contributed by atoms with E-state index in [9.17, 15) is 19.7 Å². The van der Waals surface area contributed by atoms with Crippen LogP contribution in [0.3, 0.4) is 0 Å². The molecule has 172 valence electrons. The van der Waals surface area contributed by atoms with E-state index < -0.39 is 22.9 Å². The van der Waals surface area contributed by atoms with Crippen LogP contribution in [-0.2, 0) is 14.3 Å². The van der Waals surface area contributed by atoms with E-state index in [4.69, 9.17) is 9.47 Å². The quantitative estimate of drug-likeness (QED) is 0.367. The molecule has 0 fully saturated rings. The van der Waals surface area contributed by atoms with Crippen LogP contribution in [-0.4, -0.2) is 53.6 Å². The Labute approximate surface area is 190 Å². The summed E-state index contributed by atoms with van der Waals surface area (Å²) in [6, 6.07) is 7.59. The Morgan fingerprint density at radius 3 is 2.42 bits per heavy atom. The van der Waals surface area contributed by atoms with Crippen molar-refractivity contribution in [3.63, 3.8) is 0 Å². The molecule has 10 nitrogen and oxygen atoms in total. The fraction of sp³-hybridized carbons (Fsp3) is 0.304. The SMILES string of the molecule is COC(=O)C1=C(c2ccc([N+](=O)[O-])cc2)C=CC(C(CNC(=O)c2ncccn2)OC)C1C. The van der Waals surface area contributed by atoms with Gasteiger partial charge in [-0.1, -0.05) is 19.1 Å². The monoisotopic (exact) mass is 452 g/mol. The molecule has 1 aliphatic carbocycles. The summed E-state index contributed by atoms with van der Waals surface area (Å²) in [5.41, 5.74) is 1.67. The van der Waals surface area contributed by atoms with Crippen molar-refractivity contribution in [3.8, 4) is 0 Å². The second-order valence-corrected chi connectivity index (χ2v) is 7.40. The van der Waals surface area contributed by atoms with E-state index in [1.807, 2.05) is 13.0 Å². The molecule has 0 saturated heterocycles. The summed E-state index contributed by atoms with van der Waals surface area (Å²) in [5, 5.41) is 13.7. The lowest BCUT2D eigenvalue weighted by molar-refractivity contribution is -0.384. The van der Waals surface area contributed by atoms with Gasteiger partial charge in [0.2, 0.25) is 5.82 Å². The predicted molar refractivity (Wildman–Crippen MR) is 119 cm³/mol. The maximum Gasteiger partial charge on any atom is 0.334 e. The third-order valence-electron chi connectivity index (χ3n) is 5.57. The normalized spacial score (nSPS) is 18.5. The summed E-state index contributed by atoms with van der Waals surface area (Å²) in [4.78, 5) is 43.4. The number of hydrogen-bond donors (Lipinski definition) is 1. The number of benzene rings is 1. The van der Waals surface area contributed by atoms with Crippen molar-refractivity contribution in [2.45, 2.75) is 13.0 Å². The maximum atomic E-state index is 12.7. The van der Waals surface area contributed by atoms with Crippen molar-refractivity contribution in [1.82, 2.24) is 15.3 Å². The van der Waals surface area contributed by atoms with Crippen molar-refractivity contribution < 1.29 is 24.0 Å². The number of rotatable bonds is 8. The van der Waals surface area contributed by atoms with E-state index in [-0.39, 0.29) is 29.9 Å². The zero-order valence-electron chi connectivity index (χ0n) is 18.4. The highest BCUT2D eigenvalue weighted by Crippen LogP contribution is 2.38. The minimum atomic E-state index is -0.498. The van der Waals surface area contributed by atoms with Crippen LogP contribution in [0.2, 0.25) is 0 Å². The van der Waals surface area contributed by atoms with Crippen molar-refractivity contribution in [3.05, 3.63) is 82.0 Å². The molecular weight excluding hydrogens is 428 g/mol. The summed E-state index contributed by atoms with van der Waals surface area (Å²) in [5.74, 6) is -1.44. The molecule has 2 aromatic rings. The molecule has 1 aromatic carbocycles. The van der Waals surface area contributed by atoms with Gasteiger partial charge in [-0.25, -0.2) is 14.8 Å². The zero-order valence-corrected chi connectivity index (χ0v) is 18.4. The predicted octanol–water partition coefficient (Wildman–Crippen LogP) is 2.58. The summed E-state index contributed by atoms with van der Waals surface area (Å²) in [7, 11) is 2.83. The first kappa shape index (κ1) is 23.7. The van der Waals surface area contributed by atoms with Crippen molar-refractivity contribution >= 4 is 23.1 Å². The highest BCUT2D eigenvalue weighted by molar-refractivity contribution is 6.01. The Bertz CT molecular complexity index is 1080. The molecule has 3 unspecified atom stereocenters. The smallest absolute Gasteiger partial charge is 0.334 e. The number of carbonyl (C=O) groups is 2. The first-order valence-corrected chi connectivity index (χ1v) is 10.2. The molecule has 0 spiro atoms. The molecule has 0 saturated carbocycles. The van der Waals surface area contributed by atoms with Gasteiger partial charge in [0.05, 0.1) is 18.1 Å². The number of non-ortho nitro benzene ring substituents is 1. The Balaban J connectivity index is 1.84. The zero-order chi connectivity index (χ0) is 24.0. The van der Waals surface area contributed by atoms with E-state index >= 15 is 0 Å². The molecule has 0 aliphatic heterocycles. The number of aromatic nitrogens is 2. The fourth-order valence-electron chi connectivity index (χ4n) is 3.83. The van der Waals surface area contributed by atoms with Gasteiger partial charge >= 0.3 is 5.97 Å². The number of amides is 1. The van der Waals surface area contributed by atoms with E-state index in [0.717, 1.165) is 0 Å². The minimum absolute atomic E-state index is 0.0396. The molecule has 0 radical (unpaired) electrons. The fourth-order valence-corrected chi connectivity index (χ4v) is 3.83. The van der Waals surface area contributed by atoms with Crippen molar-refractivity contribution in [2.75, 3.05) is 20.8 Å². The van der Waals surface area contributed by atoms with Gasteiger partial charge in [0, 0.05) is 49.7 Å². The number of carbonyl (C=O) groups excluding carboxylic acids is 2. The molecular formula is C23H24N4O6. The van der Waals surface area contributed by atoms with E-state index in [2.05, 4.69) is 15.3 Å². The molecule has 1 aromatic heterocycles. The van der Waals surface area contributed by atoms with Crippen LogP contribution < -0.4 is 5.32 Å². The topological polar surface area (TPSA) is 134 Å². The van der Waals surface area contributed by atoms with Crippen LogP contribution >= 0.6 is 0 Å². The molecule has 1 amide bonds. The van der Waals surface area contributed by atoms with Gasteiger partial charge in [-0.15, -0.1) is 0 Å². The number of hydrogen-bond acceptors (Lipinski definition) is 8. The number of nitro groups is 1. The number of esters is 1. The van der Waals surface area contributed by atoms with Crippen LogP contribution in [0.15, 0.2) is 60.5 Å². The lowest BCUT2D eigenvalue weighted by Crippen LogP contribution is -2.41. The average Bonchev–Trinajstić information content (AvgIpc) is 2.84. The van der Waals surface area contributed by atoms with Gasteiger partial charge < -0.3 is 14.8 Å². The minimum Gasteiger partial charge on any atom is -0.466 e. The number of nitrogens with zero attached hydrogens (tertiary/aromatic N) is 3. The van der Waals surface area contributed by atoms with Crippen LogP contribution in [0.1, 0.15) is 23.1 Å². The van der Waals surface area contributed by atoms with Crippen molar-refractivity contribution in [2.24, 2.45) is 11.8 Å². The average molecular weight is 452 g/mol. The van der Waals surface area contributed by atoms with E-state index in [0.29, 0.717) is 16.7 Å². The standard InChI is InChI=1S/C23H24N4O6/c1-14-17(19(32-2)13-26-22(28)21-24-11-4-12-25-21)9-10-18(20(14)23(29)33-3)15-5-7-16(8-6-15)27(30)31/h4-12,14,17,19H,13H2,1-3H3,(H,26,28). The number of nitro benzene ring substituents is 1. The van der Waals surface area contributed by atoms with Gasteiger partial charge in [0.15, 0.2) is 0 Å². The summed E-state index contributed by atoms with van der Waals surface area (Å²) >= 11 is 0. The third-order valence-corrected chi connectivity index (χ3v) is 5.57. The van der Waals surface area contributed by atoms with Crippen LogP contribution in [0.4, 0.5) is 5.69 Å². The highest BCUT2D eigenvalue weighted by Gasteiger charge is 2.35. The van der Waals surface area contributed by atoms with Crippen molar-refractivity contribution in [1.29, 1.82) is 0 Å². The van der Waals surface area contributed by atoms with Gasteiger partial charge in [-0.2, -0.15) is 0 Å². The van der Waals surface area contributed by atoms with Crippen LogP contribution in [0.25, 0.3) is 5.57 Å². The number of nitrogens with one attached hydrogen (secondary N) is 1. The molecule has 3 rings (SSSR count). The Morgan fingerprint density at radius 1 is 1.18 bits per heavy atom. The lowest BCUT2D eigenvalue weighted by Gasteiger charge is -2.33. The number of methoxy groups -OCH3 is 2. The third kappa shape index (κ3) is 5.29. The molecule has 1 N–H and O–H groups in total. The van der Waals surface area contributed by atoms with E-state index in [1.54, 1.807) is 24.3 Å². The van der Waals surface area contributed by atoms with Gasteiger partial charge in [-0.3, -0.25) is 14.9 Å². The van der Waals surface area contributed by atoms with Gasteiger partial charge in [-0.05, 0) is 35.3 Å². The van der Waals surface area contributed by atoms with E-state index in [1.165, 1.54) is 38.7 Å². The van der Waals surface area contributed by atoms with Crippen LogP contribution in [0, 0.1) is 22.0 Å². The summed E-state index contributed by atoms with van der Waals surface area (Å²) in [6.45, 7) is 2.05. The molecule has 33 heavy (non-hydrogen) atoms. The molecule has 1 heterocycles. The Kier molecular flexibility index (Phi) is 7.62. The first-order chi connectivity index (χ1) is 15.9. The Hall–Kier alpha value is -3.92. The van der Waals surface area contributed by atoms with Gasteiger partial charge in [0.25, 0.3) is 11.6 Å².